The van der Waals surface area contributed by atoms with Crippen LogP contribution in [-0.2, 0) is 14.8 Å². The van der Waals surface area contributed by atoms with Crippen LogP contribution in [0.5, 0.6) is 5.75 Å². The highest BCUT2D eigenvalue weighted by Gasteiger charge is 2.34. The minimum absolute atomic E-state index is 0.176. The van der Waals surface area contributed by atoms with Gasteiger partial charge in [-0.25, -0.2) is 8.42 Å². The van der Waals surface area contributed by atoms with Crippen molar-refractivity contribution in [3.8, 4) is 5.75 Å². The Morgan fingerprint density at radius 1 is 1.10 bits per heavy atom. The van der Waals surface area contributed by atoms with Gasteiger partial charge in [0.2, 0.25) is 15.9 Å². The van der Waals surface area contributed by atoms with Crippen molar-refractivity contribution in [2.24, 2.45) is 5.92 Å². The zero-order valence-electron chi connectivity index (χ0n) is 17.4. The Balaban J connectivity index is 1.79. The number of carbonyl (C=O) groups excluding carboxylic acids is 1. The van der Waals surface area contributed by atoms with E-state index >= 15 is 0 Å². The number of carbonyl (C=O) groups is 1. The Morgan fingerprint density at radius 3 is 2.52 bits per heavy atom. The molecule has 0 aliphatic carbocycles. The lowest BCUT2D eigenvalue weighted by Crippen LogP contribution is -2.43. The second-order valence-electron chi connectivity index (χ2n) is 7.66. The van der Waals surface area contributed by atoms with Crippen molar-refractivity contribution < 1.29 is 17.9 Å². The van der Waals surface area contributed by atoms with E-state index in [1.807, 2.05) is 44.2 Å². The molecule has 2 aromatic carbocycles. The average molecular weight is 417 g/mol. The number of rotatable bonds is 5. The number of amides is 1. The molecular formula is C22H28N2O4S. The summed E-state index contributed by atoms with van der Waals surface area (Å²) in [6.45, 7) is 6.21. The number of aryl methyl sites for hydroxylation is 3. The van der Waals surface area contributed by atoms with Crippen LogP contribution in [0, 0.1) is 26.7 Å². The standard InChI is InChI=1S/C22H28N2O4S/c1-15-8-10-20(28-4)19(12-15)23-22(25)18-6-5-11-24(14-18)29(26,27)21-13-16(2)7-9-17(21)3/h7-10,12-13,18H,5-6,11,14H2,1-4H3,(H,23,25)/t18-/m0/s1. The first kappa shape index (κ1) is 21.3. The normalized spacial score (nSPS) is 17.7. The molecule has 1 saturated heterocycles. The number of methoxy groups -OCH3 is 1. The van der Waals surface area contributed by atoms with E-state index in [0.717, 1.165) is 11.1 Å². The predicted molar refractivity (Wildman–Crippen MR) is 114 cm³/mol. The maximum atomic E-state index is 13.2. The van der Waals surface area contributed by atoms with E-state index in [-0.39, 0.29) is 12.5 Å². The number of hydrogen-bond donors (Lipinski definition) is 1. The molecule has 1 amide bonds. The van der Waals surface area contributed by atoms with Gasteiger partial charge in [-0.1, -0.05) is 18.2 Å². The SMILES string of the molecule is COc1ccc(C)cc1NC(=O)[C@H]1CCCN(S(=O)(=O)c2cc(C)ccc2C)C1. The van der Waals surface area contributed by atoms with Crippen LogP contribution >= 0.6 is 0 Å². The molecule has 1 fully saturated rings. The molecule has 156 valence electrons. The van der Waals surface area contributed by atoms with Gasteiger partial charge in [-0.2, -0.15) is 4.31 Å². The van der Waals surface area contributed by atoms with Crippen molar-refractivity contribution in [1.29, 1.82) is 0 Å². The summed E-state index contributed by atoms with van der Waals surface area (Å²) in [5, 5.41) is 2.92. The number of anilines is 1. The Labute approximate surface area is 172 Å². The summed E-state index contributed by atoms with van der Waals surface area (Å²) in [7, 11) is -2.09. The van der Waals surface area contributed by atoms with Crippen molar-refractivity contribution >= 4 is 21.6 Å². The molecule has 29 heavy (non-hydrogen) atoms. The maximum Gasteiger partial charge on any atom is 0.243 e. The first-order valence-corrected chi connectivity index (χ1v) is 11.2. The van der Waals surface area contributed by atoms with Gasteiger partial charge in [0.1, 0.15) is 5.75 Å². The third-order valence-electron chi connectivity index (χ3n) is 5.33. The van der Waals surface area contributed by atoms with E-state index in [4.69, 9.17) is 4.74 Å². The number of benzene rings is 2. The first-order chi connectivity index (χ1) is 13.7. The Morgan fingerprint density at radius 2 is 1.79 bits per heavy atom. The molecule has 1 N–H and O–H groups in total. The van der Waals surface area contributed by atoms with E-state index in [1.165, 1.54) is 4.31 Å². The molecule has 1 atom stereocenters. The molecule has 0 unspecified atom stereocenters. The second-order valence-corrected chi connectivity index (χ2v) is 9.57. The van der Waals surface area contributed by atoms with Gasteiger partial charge in [-0.3, -0.25) is 4.79 Å². The molecule has 2 aromatic rings. The quantitative estimate of drug-likeness (QED) is 0.807. The number of nitrogens with zero attached hydrogens (tertiary/aromatic N) is 1. The van der Waals surface area contributed by atoms with E-state index in [2.05, 4.69) is 5.32 Å². The Bertz CT molecular complexity index is 1020. The van der Waals surface area contributed by atoms with Crippen molar-refractivity contribution in [3.05, 3.63) is 53.1 Å². The largest absolute Gasteiger partial charge is 0.495 e. The van der Waals surface area contributed by atoms with E-state index < -0.39 is 15.9 Å². The van der Waals surface area contributed by atoms with Crippen LogP contribution in [0.3, 0.4) is 0 Å². The molecule has 7 heteroatoms. The molecule has 0 aromatic heterocycles. The van der Waals surface area contributed by atoms with E-state index in [9.17, 15) is 13.2 Å². The zero-order valence-corrected chi connectivity index (χ0v) is 18.2. The highest BCUT2D eigenvalue weighted by atomic mass is 32.2. The summed E-state index contributed by atoms with van der Waals surface area (Å²) in [6, 6.07) is 11.0. The summed E-state index contributed by atoms with van der Waals surface area (Å²) in [4.78, 5) is 13.2. The summed E-state index contributed by atoms with van der Waals surface area (Å²) in [5.41, 5.74) is 3.22. The van der Waals surface area contributed by atoms with Crippen LogP contribution in [0.25, 0.3) is 0 Å². The van der Waals surface area contributed by atoms with Gasteiger partial charge in [0.15, 0.2) is 0 Å². The molecular weight excluding hydrogens is 388 g/mol. The summed E-state index contributed by atoms with van der Waals surface area (Å²) in [6.07, 6.45) is 1.30. The lowest BCUT2D eigenvalue weighted by atomic mass is 9.98. The summed E-state index contributed by atoms with van der Waals surface area (Å²) < 4.78 is 33.2. The third kappa shape index (κ3) is 4.62. The number of nitrogens with one attached hydrogen (secondary N) is 1. The van der Waals surface area contributed by atoms with Crippen LogP contribution < -0.4 is 10.1 Å². The van der Waals surface area contributed by atoms with Crippen molar-refractivity contribution in [3.63, 3.8) is 0 Å². The highest BCUT2D eigenvalue weighted by Crippen LogP contribution is 2.29. The van der Waals surface area contributed by atoms with Gasteiger partial charge in [0.05, 0.1) is 23.6 Å². The molecule has 3 rings (SSSR count). The van der Waals surface area contributed by atoms with Crippen molar-refractivity contribution in [1.82, 2.24) is 4.31 Å². The molecule has 1 aliphatic heterocycles. The lowest BCUT2D eigenvalue weighted by Gasteiger charge is -2.31. The van der Waals surface area contributed by atoms with Gasteiger partial charge in [0, 0.05) is 13.1 Å². The third-order valence-corrected chi connectivity index (χ3v) is 7.34. The van der Waals surface area contributed by atoms with Crippen LogP contribution in [0.4, 0.5) is 5.69 Å². The molecule has 1 heterocycles. The molecule has 1 aliphatic rings. The number of piperidine rings is 1. The minimum Gasteiger partial charge on any atom is -0.495 e. The Hall–Kier alpha value is -2.38. The molecule has 0 radical (unpaired) electrons. The summed E-state index contributed by atoms with van der Waals surface area (Å²) >= 11 is 0. The Kier molecular flexibility index (Phi) is 6.29. The number of ether oxygens (including phenoxy) is 1. The molecule has 0 bridgehead atoms. The van der Waals surface area contributed by atoms with Crippen LogP contribution in [-0.4, -0.2) is 38.8 Å². The lowest BCUT2D eigenvalue weighted by molar-refractivity contribution is -0.120. The van der Waals surface area contributed by atoms with E-state index in [1.54, 1.807) is 20.1 Å². The van der Waals surface area contributed by atoms with Gasteiger partial charge in [0.25, 0.3) is 0 Å². The van der Waals surface area contributed by atoms with Crippen molar-refractivity contribution in [2.75, 3.05) is 25.5 Å². The van der Waals surface area contributed by atoms with Crippen LogP contribution in [0.1, 0.15) is 29.5 Å². The van der Waals surface area contributed by atoms with Gasteiger partial charge < -0.3 is 10.1 Å². The highest BCUT2D eigenvalue weighted by molar-refractivity contribution is 7.89. The number of sulfonamides is 1. The minimum atomic E-state index is -3.65. The zero-order chi connectivity index (χ0) is 21.2. The molecule has 0 saturated carbocycles. The average Bonchev–Trinajstić information content (AvgIpc) is 2.70. The van der Waals surface area contributed by atoms with Crippen molar-refractivity contribution in [2.45, 2.75) is 38.5 Å². The first-order valence-electron chi connectivity index (χ1n) is 9.75. The molecule has 0 spiro atoms. The van der Waals surface area contributed by atoms with Gasteiger partial charge in [-0.15, -0.1) is 0 Å². The fraction of sp³-hybridized carbons (Fsp3) is 0.409. The topological polar surface area (TPSA) is 75.7 Å². The van der Waals surface area contributed by atoms with Gasteiger partial charge >= 0.3 is 0 Å². The fourth-order valence-corrected chi connectivity index (χ4v) is 5.49. The maximum absolute atomic E-state index is 13.2. The smallest absolute Gasteiger partial charge is 0.243 e. The van der Waals surface area contributed by atoms with Gasteiger partial charge in [-0.05, 0) is 68.5 Å². The van der Waals surface area contributed by atoms with Crippen LogP contribution in [0.2, 0.25) is 0 Å². The monoisotopic (exact) mass is 416 g/mol. The molecule has 6 nitrogen and oxygen atoms in total. The second kappa shape index (κ2) is 8.55. The predicted octanol–water partition coefficient (Wildman–Crippen LogP) is 3.66. The van der Waals surface area contributed by atoms with E-state index in [0.29, 0.717) is 41.3 Å². The van der Waals surface area contributed by atoms with Crippen LogP contribution in [0.15, 0.2) is 41.3 Å². The fourth-order valence-electron chi connectivity index (χ4n) is 3.65. The number of hydrogen-bond acceptors (Lipinski definition) is 4. The summed E-state index contributed by atoms with van der Waals surface area (Å²) in [5.74, 6) is -0.0109.